The molecule has 0 fully saturated rings. The second kappa shape index (κ2) is 15.8. The summed E-state index contributed by atoms with van der Waals surface area (Å²) in [6.07, 6.45) is 31.9. The first-order chi connectivity index (χ1) is 32.0. The van der Waals surface area contributed by atoms with Gasteiger partial charge >= 0.3 is 0 Å². The summed E-state index contributed by atoms with van der Waals surface area (Å²) in [4.78, 5) is 2.53. The zero-order chi connectivity index (χ0) is 43.6. The number of allylic oxidation sites excluding steroid dienone is 15. The molecule has 5 aromatic carbocycles. The molecule has 6 aromatic rings. The highest BCUT2D eigenvalue weighted by Crippen LogP contribution is 2.64. The number of rotatable bonds is 8. The van der Waals surface area contributed by atoms with Crippen LogP contribution in [-0.2, 0) is 18.3 Å². The molecule has 0 bridgehead atoms. The summed E-state index contributed by atoms with van der Waals surface area (Å²) < 4.78 is 2.53. The Balaban J connectivity index is 0.974. The molecule has 0 radical (unpaired) electrons. The van der Waals surface area contributed by atoms with Gasteiger partial charge in [-0.15, -0.1) is 0 Å². The van der Waals surface area contributed by atoms with Gasteiger partial charge in [-0.2, -0.15) is 0 Å². The standard InChI is InChI=1S/C63H54N2/c1-4-16-58-62(42(2)3)55-22-9-13-24-57(55)63(58)56-23-12-8-19-51(56)52-40-39-50(41-59(52)63)64(47-33-27-44(28-34-47)43-17-6-5-7-18-43)48-35-29-45(30-36-48)46-31-37-49(38-32-46)65-60-25-14-10-20-53(60)54-21-11-15-26-61(54)65/h4-10,12,15-20,22-23,26-29,31-35,37-41H,2,11,13-14,21,24-25,30,36H2,1,3H3/b16-4-. The first-order valence-corrected chi connectivity index (χ1v) is 23.8. The topological polar surface area (TPSA) is 8.17 Å². The van der Waals surface area contributed by atoms with Gasteiger partial charge < -0.3 is 9.47 Å². The summed E-state index contributed by atoms with van der Waals surface area (Å²) >= 11 is 0. The monoisotopic (exact) mass is 838 g/mol. The summed E-state index contributed by atoms with van der Waals surface area (Å²) in [6, 6.07) is 45.8. The number of nitrogens with zero attached hydrogens (tertiary/aromatic N) is 2. The molecule has 6 aliphatic rings. The van der Waals surface area contributed by atoms with Crippen molar-refractivity contribution in [3.05, 3.63) is 249 Å². The van der Waals surface area contributed by atoms with E-state index in [1.807, 2.05) is 0 Å². The summed E-state index contributed by atoms with van der Waals surface area (Å²) in [5, 5.41) is 0. The van der Waals surface area contributed by atoms with Crippen LogP contribution in [0.3, 0.4) is 0 Å². The van der Waals surface area contributed by atoms with Crippen molar-refractivity contribution in [3.8, 4) is 27.9 Å². The van der Waals surface area contributed by atoms with Gasteiger partial charge in [-0.05, 0) is 192 Å². The molecule has 1 spiro atoms. The molecule has 316 valence electrons. The van der Waals surface area contributed by atoms with Crippen LogP contribution in [0.15, 0.2) is 210 Å². The normalized spacial score (nSPS) is 19.0. The van der Waals surface area contributed by atoms with Crippen molar-refractivity contribution in [2.45, 2.75) is 70.6 Å². The van der Waals surface area contributed by atoms with Crippen molar-refractivity contribution < 1.29 is 0 Å². The number of hydrogen-bond acceptors (Lipinski definition) is 1. The van der Waals surface area contributed by atoms with Crippen LogP contribution in [0, 0.1) is 0 Å². The number of aromatic nitrogens is 1. The van der Waals surface area contributed by atoms with Crippen LogP contribution in [0.2, 0.25) is 0 Å². The van der Waals surface area contributed by atoms with E-state index in [1.54, 1.807) is 0 Å². The average Bonchev–Trinajstić information content (AvgIpc) is 3.96. The molecular formula is C63H54N2. The fourth-order valence-corrected chi connectivity index (χ4v) is 12.2. The van der Waals surface area contributed by atoms with E-state index in [2.05, 4.69) is 212 Å². The zero-order valence-electron chi connectivity index (χ0n) is 37.6. The van der Waals surface area contributed by atoms with E-state index in [4.69, 9.17) is 0 Å². The van der Waals surface area contributed by atoms with Crippen LogP contribution < -0.4 is 4.90 Å². The molecule has 0 saturated heterocycles. The number of benzene rings is 5. The number of hydrogen-bond donors (Lipinski definition) is 0. The van der Waals surface area contributed by atoms with Crippen LogP contribution in [0.4, 0.5) is 11.4 Å². The van der Waals surface area contributed by atoms with E-state index in [-0.39, 0.29) is 0 Å². The molecule has 2 heteroatoms. The zero-order valence-corrected chi connectivity index (χ0v) is 37.6. The van der Waals surface area contributed by atoms with E-state index in [9.17, 15) is 0 Å². The molecule has 0 amide bonds. The third-order valence-corrected chi connectivity index (χ3v) is 14.9. The van der Waals surface area contributed by atoms with Crippen LogP contribution in [-0.4, -0.2) is 4.57 Å². The third-order valence-electron chi connectivity index (χ3n) is 14.9. The molecule has 1 atom stereocenters. The third kappa shape index (κ3) is 6.14. The quantitative estimate of drug-likeness (QED) is 0.148. The van der Waals surface area contributed by atoms with E-state index >= 15 is 0 Å². The number of anilines is 2. The Labute approximate surface area is 384 Å². The van der Waals surface area contributed by atoms with Crippen molar-refractivity contribution in [1.29, 1.82) is 0 Å². The Morgan fingerprint density at radius 3 is 2.15 bits per heavy atom. The minimum atomic E-state index is -0.391. The summed E-state index contributed by atoms with van der Waals surface area (Å²) in [7, 11) is 0. The van der Waals surface area contributed by atoms with Gasteiger partial charge in [0.05, 0.1) is 5.41 Å². The molecule has 0 aliphatic heterocycles. The van der Waals surface area contributed by atoms with Crippen molar-refractivity contribution in [2.75, 3.05) is 4.90 Å². The lowest BCUT2D eigenvalue weighted by Gasteiger charge is -2.36. The summed E-state index contributed by atoms with van der Waals surface area (Å²) in [5.74, 6) is 0. The largest absolute Gasteiger partial charge is 0.314 e. The highest BCUT2D eigenvalue weighted by molar-refractivity contribution is 5.92. The minimum absolute atomic E-state index is 0.391. The van der Waals surface area contributed by atoms with Crippen LogP contribution >= 0.6 is 0 Å². The Morgan fingerprint density at radius 1 is 0.646 bits per heavy atom. The van der Waals surface area contributed by atoms with Crippen LogP contribution in [0.1, 0.15) is 91.6 Å². The Kier molecular flexibility index (Phi) is 9.60. The van der Waals surface area contributed by atoms with Gasteiger partial charge in [0.2, 0.25) is 0 Å². The molecule has 2 nitrogen and oxygen atoms in total. The maximum atomic E-state index is 4.59. The fourth-order valence-electron chi connectivity index (χ4n) is 12.2. The van der Waals surface area contributed by atoms with Gasteiger partial charge in [-0.25, -0.2) is 0 Å². The van der Waals surface area contributed by atoms with Crippen molar-refractivity contribution >= 4 is 29.1 Å². The van der Waals surface area contributed by atoms with E-state index in [0.717, 1.165) is 56.9 Å². The van der Waals surface area contributed by atoms with Crippen molar-refractivity contribution in [1.82, 2.24) is 4.57 Å². The predicted molar refractivity (Wildman–Crippen MR) is 275 cm³/mol. The molecule has 65 heavy (non-hydrogen) atoms. The van der Waals surface area contributed by atoms with Gasteiger partial charge in [0, 0.05) is 34.1 Å². The molecule has 12 rings (SSSR count). The fraction of sp³-hybridized carbons (Fsp3) is 0.175. The van der Waals surface area contributed by atoms with Gasteiger partial charge in [-0.3, -0.25) is 0 Å². The Morgan fingerprint density at radius 2 is 1.35 bits per heavy atom. The lowest BCUT2D eigenvalue weighted by Crippen LogP contribution is -2.29. The molecular weight excluding hydrogens is 785 g/mol. The number of fused-ring (bicyclic) bond motifs is 9. The minimum Gasteiger partial charge on any atom is -0.314 e. The molecule has 1 heterocycles. The van der Waals surface area contributed by atoms with Crippen molar-refractivity contribution in [2.24, 2.45) is 0 Å². The second-order valence-electron chi connectivity index (χ2n) is 18.5. The van der Waals surface area contributed by atoms with E-state index in [1.165, 1.54) is 112 Å². The SMILES string of the molecule is C=C(C)C1=C(/C=C\C)C2(C3=C1C=CCC3)c1ccccc1-c1ccc(N(C3=CC=C(c4ccc(-n5c6c(c7c5CCC=C7)CCC=C6)cc4)CC3)c3ccc(-c4ccccc4)cc3)cc12. The van der Waals surface area contributed by atoms with Crippen LogP contribution in [0.25, 0.3) is 45.7 Å². The van der Waals surface area contributed by atoms with Gasteiger partial charge in [0.1, 0.15) is 0 Å². The first-order valence-electron chi connectivity index (χ1n) is 23.8. The highest BCUT2D eigenvalue weighted by Gasteiger charge is 2.53. The van der Waals surface area contributed by atoms with Crippen molar-refractivity contribution in [3.63, 3.8) is 0 Å². The maximum Gasteiger partial charge on any atom is 0.0689 e. The summed E-state index contributed by atoms with van der Waals surface area (Å²) in [5.41, 5.74) is 27.5. The molecule has 6 aliphatic carbocycles. The van der Waals surface area contributed by atoms with Gasteiger partial charge in [-0.1, -0.05) is 146 Å². The lowest BCUT2D eigenvalue weighted by atomic mass is 9.67. The van der Waals surface area contributed by atoms with E-state index in [0.29, 0.717) is 0 Å². The Bertz CT molecular complexity index is 3200. The van der Waals surface area contributed by atoms with Gasteiger partial charge in [0.25, 0.3) is 0 Å². The lowest BCUT2D eigenvalue weighted by molar-refractivity contribution is 0.704. The predicted octanol–water partition coefficient (Wildman–Crippen LogP) is 16.3. The summed E-state index contributed by atoms with van der Waals surface area (Å²) in [6.45, 7) is 8.93. The molecule has 1 aromatic heterocycles. The Hall–Kier alpha value is -7.16. The highest BCUT2D eigenvalue weighted by atomic mass is 15.1. The van der Waals surface area contributed by atoms with Crippen LogP contribution in [0.5, 0.6) is 0 Å². The smallest absolute Gasteiger partial charge is 0.0689 e. The second-order valence-corrected chi connectivity index (χ2v) is 18.5. The molecule has 1 unspecified atom stereocenters. The molecule has 0 saturated carbocycles. The average molecular weight is 839 g/mol. The first kappa shape index (κ1) is 39.4. The van der Waals surface area contributed by atoms with E-state index < -0.39 is 5.41 Å². The molecule has 0 N–H and O–H groups in total. The maximum absolute atomic E-state index is 4.59. The van der Waals surface area contributed by atoms with Gasteiger partial charge in [0.15, 0.2) is 0 Å².